The summed E-state index contributed by atoms with van der Waals surface area (Å²) in [6.45, 7) is 0.579. The molecule has 7 nitrogen and oxygen atoms in total. The number of piperidine rings is 1. The van der Waals surface area contributed by atoms with E-state index in [2.05, 4.69) is 19.9 Å². The molecule has 3 aliphatic rings. The first-order valence-electron chi connectivity index (χ1n) is 12.8. The lowest BCUT2D eigenvalue weighted by Gasteiger charge is -2.47. The molecule has 2 saturated heterocycles. The predicted molar refractivity (Wildman–Crippen MR) is 135 cm³/mol. The van der Waals surface area contributed by atoms with Crippen LogP contribution in [0.4, 0.5) is 19.1 Å². The maximum Gasteiger partial charge on any atom is 0.387 e. The van der Waals surface area contributed by atoms with Gasteiger partial charge < -0.3 is 18.9 Å². The quantitative estimate of drug-likeness (QED) is 0.335. The molecule has 4 aromatic rings. The van der Waals surface area contributed by atoms with Crippen LogP contribution in [0.2, 0.25) is 0 Å². The standard InChI is InChI=1S/C28H26F3N5O2/c29-20-12-22(19-3-1-2-4-24(19)38-26(30)31)36-23-11-17(5-6-21(23)34-25(20)36)18-13-32-27(33-14-18)35-9-7-28(8-10-35)15-37-16-28/h1-6,11,13-14,20,22,26H,7-10,12,15-16H2. The van der Waals surface area contributed by atoms with E-state index in [1.165, 1.54) is 6.07 Å². The first-order valence-corrected chi connectivity index (χ1v) is 12.8. The van der Waals surface area contributed by atoms with Crippen molar-refractivity contribution in [2.24, 2.45) is 5.41 Å². The normalized spacial score (nSPS) is 22.2. The Bertz CT molecular complexity index is 1480. The van der Waals surface area contributed by atoms with E-state index in [4.69, 9.17) is 9.47 Å². The van der Waals surface area contributed by atoms with Gasteiger partial charge in [0, 0.05) is 48.4 Å². The molecule has 0 bridgehead atoms. The number of ether oxygens (including phenoxy) is 2. The van der Waals surface area contributed by atoms with Gasteiger partial charge in [0.2, 0.25) is 5.95 Å². The zero-order valence-electron chi connectivity index (χ0n) is 20.6. The van der Waals surface area contributed by atoms with Gasteiger partial charge in [0.1, 0.15) is 11.6 Å². The Morgan fingerprint density at radius 3 is 2.47 bits per heavy atom. The number of anilines is 1. The number of hydrogen-bond donors (Lipinski definition) is 0. The summed E-state index contributed by atoms with van der Waals surface area (Å²) in [6, 6.07) is 11.7. The highest BCUT2D eigenvalue weighted by atomic mass is 19.3. The van der Waals surface area contributed by atoms with Gasteiger partial charge in [-0.25, -0.2) is 19.3 Å². The summed E-state index contributed by atoms with van der Waals surface area (Å²) in [5, 5.41) is 0. The maximum absolute atomic E-state index is 15.1. The summed E-state index contributed by atoms with van der Waals surface area (Å²) in [5.74, 6) is 1.05. The zero-order valence-corrected chi connectivity index (χ0v) is 20.6. The van der Waals surface area contributed by atoms with E-state index in [0.717, 1.165) is 55.8 Å². The molecule has 0 N–H and O–H groups in total. The Labute approximate surface area is 217 Å². The van der Waals surface area contributed by atoms with Crippen LogP contribution in [0.25, 0.3) is 22.2 Å². The minimum absolute atomic E-state index is 0.0445. The van der Waals surface area contributed by atoms with Crippen molar-refractivity contribution in [1.82, 2.24) is 19.5 Å². The molecule has 7 rings (SSSR count). The van der Waals surface area contributed by atoms with Crippen molar-refractivity contribution < 1.29 is 22.6 Å². The zero-order chi connectivity index (χ0) is 25.9. The van der Waals surface area contributed by atoms with Crippen LogP contribution in [0.5, 0.6) is 5.75 Å². The lowest BCUT2D eigenvalue weighted by Crippen LogP contribution is -2.51. The topological polar surface area (TPSA) is 65.3 Å². The van der Waals surface area contributed by atoms with Gasteiger partial charge in [0.15, 0.2) is 6.17 Å². The second-order valence-corrected chi connectivity index (χ2v) is 10.4. The molecule has 2 unspecified atom stereocenters. The van der Waals surface area contributed by atoms with Crippen molar-refractivity contribution in [3.63, 3.8) is 0 Å². The van der Waals surface area contributed by atoms with Crippen LogP contribution in [0, 0.1) is 5.41 Å². The Hall–Kier alpha value is -3.66. The van der Waals surface area contributed by atoms with E-state index in [-0.39, 0.29) is 12.2 Å². The number of benzene rings is 2. The lowest BCUT2D eigenvalue weighted by molar-refractivity contribution is -0.124. The highest BCUT2D eigenvalue weighted by Crippen LogP contribution is 2.46. The molecule has 2 aromatic heterocycles. The Balaban J connectivity index is 1.20. The third kappa shape index (κ3) is 3.89. The van der Waals surface area contributed by atoms with Crippen LogP contribution in [-0.2, 0) is 4.74 Å². The van der Waals surface area contributed by atoms with Gasteiger partial charge in [-0.1, -0.05) is 24.3 Å². The Kier molecular flexibility index (Phi) is 5.54. The molecule has 0 aliphatic carbocycles. The Morgan fingerprint density at radius 2 is 1.76 bits per heavy atom. The summed E-state index contributed by atoms with van der Waals surface area (Å²) in [4.78, 5) is 16.0. The molecular formula is C28H26F3N5O2. The molecule has 0 saturated carbocycles. The first kappa shape index (κ1) is 23.5. The molecule has 196 valence electrons. The van der Waals surface area contributed by atoms with Crippen LogP contribution in [0.15, 0.2) is 54.9 Å². The monoisotopic (exact) mass is 521 g/mol. The summed E-state index contributed by atoms with van der Waals surface area (Å²) in [6.07, 6.45) is 4.58. The number of aromatic nitrogens is 4. The number of hydrogen-bond acceptors (Lipinski definition) is 6. The van der Waals surface area contributed by atoms with E-state index in [1.807, 2.05) is 30.6 Å². The Morgan fingerprint density at radius 1 is 1.00 bits per heavy atom. The minimum Gasteiger partial charge on any atom is -0.434 e. The number of rotatable bonds is 5. The van der Waals surface area contributed by atoms with Crippen LogP contribution in [0.3, 0.4) is 0 Å². The van der Waals surface area contributed by atoms with Crippen molar-refractivity contribution in [1.29, 1.82) is 0 Å². The molecule has 10 heteroatoms. The molecule has 2 fully saturated rings. The molecule has 5 heterocycles. The van der Waals surface area contributed by atoms with Crippen LogP contribution in [0.1, 0.15) is 42.9 Å². The highest BCUT2D eigenvalue weighted by Gasteiger charge is 2.41. The summed E-state index contributed by atoms with van der Waals surface area (Å²) < 4.78 is 53.2. The molecular weight excluding hydrogens is 495 g/mol. The molecule has 0 amide bonds. The highest BCUT2D eigenvalue weighted by molar-refractivity contribution is 5.83. The van der Waals surface area contributed by atoms with Crippen molar-refractivity contribution in [3.05, 3.63) is 66.2 Å². The largest absolute Gasteiger partial charge is 0.434 e. The SMILES string of the molecule is FC(F)Oc1ccccc1C1CC(F)c2nc3ccc(-c4cnc(N5CCC6(CC5)COC6)nc4)cc3n21. The fourth-order valence-corrected chi connectivity index (χ4v) is 5.97. The van der Waals surface area contributed by atoms with Crippen LogP contribution < -0.4 is 9.64 Å². The molecule has 3 aliphatic heterocycles. The third-order valence-corrected chi connectivity index (χ3v) is 8.13. The number of imidazole rings is 1. The average molecular weight is 522 g/mol. The number of nitrogens with zero attached hydrogens (tertiary/aromatic N) is 5. The second kappa shape index (κ2) is 8.97. The van der Waals surface area contributed by atoms with Crippen LogP contribution in [-0.4, -0.2) is 52.4 Å². The fourth-order valence-electron chi connectivity index (χ4n) is 5.97. The smallest absolute Gasteiger partial charge is 0.387 e. The summed E-state index contributed by atoms with van der Waals surface area (Å²) in [5.41, 5.74) is 3.92. The second-order valence-electron chi connectivity index (χ2n) is 10.4. The van der Waals surface area contributed by atoms with Gasteiger partial charge in [0.05, 0.1) is 30.3 Å². The van der Waals surface area contributed by atoms with E-state index in [0.29, 0.717) is 28.3 Å². The van der Waals surface area contributed by atoms with E-state index < -0.39 is 18.8 Å². The van der Waals surface area contributed by atoms with E-state index in [1.54, 1.807) is 22.8 Å². The molecule has 2 atom stereocenters. The number of alkyl halides is 3. The lowest BCUT2D eigenvalue weighted by atomic mass is 9.77. The minimum atomic E-state index is -2.97. The fraction of sp³-hybridized carbons (Fsp3) is 0.393. The van der Waals surface area contributed by atoms with Crippen molar-refractivity contribution in [2.45, 2.75) is 38.1 Å². The summed E-state index contributed by atoms with van der Waals surface area (Å²) >= 11 is 0. The van der Waals surface area contributed by atoms with Crippen molar-refractivity contribution >= 4 is 17.0 Å². The van der Waals surface area contributed by atoms with Gasteiger partial charge >= 0.3 is 6.61 Å². The maximum atomic E-state index is 15.1. The van der Waals surface area contributed by atoms with Gasteiger partial charge in [-0.05, 0) is 36.6 Å². The molecule has 2 aromatic carbocycles. The van der Waals surface area contributed by atoms with E-state index in [9.17, 15) is 8.78 Å². The molecule has 1 spiro atoms. The van der Waals surface area contributed by atoms with Gasteiger partial charge in [-0.2, -0.15) is 8.78 Å². The number of fused-ring (bicyclic) bond motifs is 3. The molecule has 0 radical (unpaired) electrons. The molecule has 38 heavy (non-hydrogen) atoms. The van der Waals surface area contributed by atoms with Crippen molar-refractivity contribution in [2.75, 3.05) is 31.2 Å². The summed E-state index contributed by atoms with van der Waals surface area (Å²) in [7, 11) is 0. The van der Waals surface area contributed by atoms with Gasteiger partial charge in [0.25, 0.3) is 0 Å². The van der Waals surface area contributed by atoms with Gasteiger partial charge in [-0.15, -0.1) is 0 Å². The van der Waals surface area contributed by atoms with Crippen molar-refractivity contribution in [3.8, 4) is 16.9 Å². The third-order valence-electron chi connectivity index (χ3n) is 8.13. The van der Waals surface area contributed by atoms with E-state index >= 15 is 4.39 Å². The number of halogens is 3. The predicted octanol–water partition coefficient (Wildman–Crippen LogP) is 5.72. The van der Waals surface area contributed by atoms with Crippen LogP contribution >= 0.6 is 0 Å². The number of para-hydroxylation sites is 1. The first-order chi connectivity index (χ1) is 18.5. The van der Waals surface area contributed by atoms with Gasteiger partial charge in [-0.3, -0.25) is 0 Å². The average Bonchev–Trinajstić information content (AvgIpc) is 3.45.